The molecule has 4 nitrogen and oxygen atoms in total. The number of hydrogen-bond acceptors (Lipinski definition) is 3. The molecule has 3 aromatic carbocycles. The highest BCUT2D eigenvalue weighted by Crippen LogP contribution is 2.40. The number of aryl methyl sites for hydroxylation is 2. The lowest BCUT2D eigenvalue weighted by Crippen LogP contribution is -2.28. The van der Waals surface area contributed by atoms with E-state index in [0.717, 1.165) is 27.8 Å². The number of benzene rings is 3. The minimum atomic E-state index is -3.81. The SMILES string of the molecule is C/C(=C1/C=NN(S(=O)(=O)c2ccccc2)C1c1ccc(C)c(C)c1)c1ccccc1. The number of sulfonamides is 1. The number of hydrazone groups is 1. The summed E-state index contributed by atoms with van der Waals surface area (Å²) in [5, 5.41) is 4.38. The zero-order valence-electron chi connectivity index (χ0n) is 17.3. The zero-order valence-corrected chi connectivity index (χ0v) is 18.1. The van der Waals surface area contributed by atoms with Crippen LogP contribution in [0.25, 0.3) is 5.57 Å². The molecule has 0 aliphatic carbocycles. The molecule has 0 spiro atoms. The molecule has 0 radical (unpaired) electrons. The molecular formula is C25H24N2O2S. The van der Waals surface area contributed by atoms with Crippen molar-refractivity contribution in [3.63, 3.8) is 0 Å². The van der Waals surface area contributed by atoms with Gasteiger partial charge in [-0.25, -0.2) is 0 Å². The van der Waals surface area contributed by atoms with E-state index >= 15 is 0 Å². The monoisotopic (exact) mass is 416 g/mol. The third kappa shape index (κ3) is 3.57. The maximum atomic E-state index is 13.5. The molecule has 0 bridgehead atoms. The van der Waals surface area contributed by atoms with Crippen molar-refractivity contribution in [3.05, 3.63) is 107 Å². The van der Waals surface area contributed by atoms with E-state index in [4.69, 9.17) is 0 Å². The minimum absolute atomic E-state index is 0.231. The number of hydrogen-bond donors (Lipinski definition) is 0. The van der Waals surface area contributed by atoms with Crippen LogP contribution in [0.15, 0.2) is 94.4 Å². The number of rotatable bonds is 4. The van der Waals surface area contributed by atoms with Crippen molar-refractivity contribution in [1.29, 1.82) is 0 Å². The quantitative estimate of drug-likeness (QED) is 0.563. The lowest BCUT2D eigenvalue weighted by molar-refractivity contribution is 0.397. The van der Waals surface area contributed by atoms with Gasteiger partial charge >= 0.3 is 0 Å². The molecule has 1 aliphatic rings. The van der Waals surface area contributed by atoms with Gasteiger partial charge in [0.2, 0.25) is 0 Å². The van der Waals surface area contributed by atoms with Crippen molar-refractivity contribution in [2.24, 2.45) is 5.10 Å². The summed E-state index contributed by atoms with van der Waals surface area (Å²) in [6, 6.07) is 24.0. The molecule has 1 heterocycles. The largest absolute Gasteiger partial charge is 0.279 e. The average molecular weight is 417 g/mol. The van der Waals surface area contributed by atoms with E-state index in [-0.39, 0.29) is 4.90 Å². The van der Waals surface area contributed by atoms with Crippen molar-refractivity contribution in [1.82, 2.24) is 4.41 Å². The number of nitrogens with zero attached hydrogens (tertiary/aromatic N) is 2. The van der Waals surface area contributed by atoms with Gasteiger partial charge in [0.15, 0.2) is 0 Å². The predicted octanol–water partition coefficient (Wildman–Crippen LogP) is 5.51. The van der Waals surface area contributed by atoms with Gasteiger partial charge in [-0.15, -0.1) is 0 Å². The highest BCUT2D eigenvalue weighted by molar-refractivity contribution is 7.89. The Morgan fingerprint density at radius 1 is 0.867 bits per heavy atom. The third-order valence-electron chi connectivity index (χ3n) is 5.60. The van der Waals surface area contributed by atoms with Gasteiger partial charge in [-0.1, -0.05) is 66.7 Å². The van der Waals surface area contributed by atoms with Gasteiger partial charge in [0.1, 0.15) is 6.04 Å². The van der Waals surface area contributed by atoms with E-state index in [0.29, 0.717) is 0 Å². The summed E-state index contributed by atoms with van der Waals surface area (Å²) in [6.45, 7) is 6.11. The van der Waals surface area contributed by atoms with Crippen LogP contribution >= 0.6 is 0 Å². The normalized spacial score (nSPS) is 18.0. The van der Waals surface area contributed by atoms with Crippen LogP contribution in [0.5, 0.6) is 0 Å². The molecule has 30 heavy (non-hydrogen) atoms. The topological polar surface area (TPSA) is 49.7 Å². The summed E-state index contributed by atoms with van der Waals surface area (Å²) >= 11 is 0. The van der Waals surface area contributed by atoms with Crippen LogP contribution in [-0.4, -0.2) is 19.0 Å². The first-order valence-electron chi connectivity index (χ1n) is 9.86. The van der Waals surface area contributed by atoms with Gasteiger partial charge < -0.3 is 0 Å². The predicted molar refractivity (Wildman–Crippen MR) is 122 cm³/mol. The van der Waals surface area contributed by atoms with Crippen molar-refractivity contribution >= 4 is 21.8 Å². The summed E-state index contributed by atoms with van der Waals surface area (Å²) in [5.41, 5.74) is 6.12. The molecule has 4 rings (SSSR count). The molecule has 0 saturated heterocycles. The van der Waals surface area contributed by atoms with Gasteiger partial charge in [-0.3, -0.25) is 0 Å². The first-order valence-corrected chi connectivity index (χ1v) is 11.3. The molecule has 0 N–H and O–H groups in total. The van der Waals surface area contributed by atoms with Crippen molar-refractivity contribution < 1.29 is 8.42 Å². The second kappa shape index (κ2) is 7.92. The van der Waals surface area contributed by atoms with Crippen LogP contribution < -0.4 is 0 Å². The fourth-order valence-electron chi connectivity index (χ4n) is 3.68. The van der Waals surface area contributed by atoms with Crippen LogP contribution in [-0.2, 0) is 10.0 Å². The van der Waals surface area contributed by atoms with Crippen LogP contribution in [0.3, 0.4) is 0 Å². The summed E-state index contributed by atoms with van der Waals surface area (Å²) < 4.78 is 28.2. The molecular weight excluding hydrogens is 392 g/mol. The fourth-order valence-corrected chi connectivity index (χ4v) is 5.08. The molecule has 0 saturated carbocycles. The van der Waals surface area contributed by atoms with Crippen LogP contribution in [0, 0.1) is 13.8 Å². The summed E-state index contributed by atoms with van der Waals surface area (Å²) in [6.07, 6.45) is 1.68. The Hall–Kier alpha value is -3.18. The Balaban J connectivity index is 1.89. The molecule has 152 valence electrons. The van der Waals surface area contributed by atoms with Gasteiger partial charge in [-0.05, 0) is 60.7 Å². The molecule has 0 amide bonds. The fraction of sp³-hybridized carbons (Fsp3) is 0.160. The molecule has 1 atom stereocenters. The minimum Gasteiger partial charge on any atom is -0.200 e. The Morgan fingerprint density at radius 3 is 2.13 bits per heavy atom. The van der Waals surface area contributed by atoms with Crippen LogP contribution in [0.1, 0.15) is 35.2 Å². The standard InChI is InChI=1S/C25H24N2O2S/c1-18-14-15-22(16-19(18)2)25-24(20(3)21-10-6-4-7-11-21)17-26-27(25)30(28,29)23-12-8-5-9-13-23/h4-17,25H,1-3H3/b24-20+. The van der Waals surface area contributed by atoms with Crippen molar-refractivity contribution in [3.8, 4) is 0 Å². The molecule has 0 fully saturated rings. The molecule has 5 heteroatoms. The van der Waals surface area contributed by atoms with E-state index in [1.165, 1.54) is 9.98 Å². The van der Waals surface area contributed by atoms with E-state index < -0.39 is 16.1 Å². The van der Waals surface area contributed by atoms with E-state index in [2.05, 4.69) is 18.1 Å². The van der Waals surface area contributed by atoms with Gasteiger partial charge in [-0.2, -0.15) is 17.9 Å². The summed E-state index contributed by atoms with van der Waals surface area (Å²) in [4.78, 5) is 0.231. The van der Waals surface area contributed by atoms with E-state index in [1.807, 2.05) is 56.3 Å². The maximum Gasteiger partial charge on any atom is 0.279 e. The maximum absolute atomic E-state index is 13.5. The highest BCUT2D eigenvalue weighted by atomic mass is 32.2. The Kier molecular flexibility index (Phi) is 5.31. The molecule has 3 aromatic rings. The Labute approximate surface area is 178 Å². The second-order valence-corrected chi connectivity index (χ2v) is 9.32. The number of allylic oxidation sites excluding steroid dienone is 1. The summed E-state index contributed by atoms with van der Waals surface area (Å²) in [7, 11) is -3.81. The van der Waals surface area contributed by atoms with E-state index in [9.17, 15) is 8.42 Å². The lowest BCUT2D eigenvalue weighted by atomic mass is 9.92. The van der Waals surface area contributed by atoms with Gasteiger partial charge in [0, 0.05) is 5.57 Å². The third-order valence-corrected chi connectivity index (χ3v) is 7.27. The molecule has 0 aromatic heterocycles. The van der Waals surface area contributed by atoms with Gasteiger partial charge in [0.25, 0.3) is 10.0 Å². The zero-order chi connectivity index (χ0) is 21.3. The van der Waals surface area contributed by atoms with E-state index in [1.54, 1.807) is 36.5 Å². The van der Waals surface area contributed by atoms with Crippen LogP contribution in [0.4, 0.5) is 0 Å². The van der Waals surface area contributed by atoms with Crippen LogP contribution in [0.2, 0.25) is 0 Å². The van der Waals surface area contributed by atoms with Gasteiger partial charge in [0.05, 0.1) is 11.1 Å². The first-order chi connectivity index (χ1) is 14.4. The smallest absolute Gasteiger partial charge is 0.200 e. The first kappa shape index (κ1) is 20.1. The second-order valence-electron chi connectivity index (χ2n) is 7.53. The molecule has 1 aliphatic heterocycles. The average Bonchev–Trinajstić information content (AvgIpc) is 3.22. The summed E-state index contributed by atoms with van der Waals surface area (Å²) in [5.74, 6) is 0. The Morgan fingerprint density at radius 2 is 1.50 bits per heavy atom. The lowest BCUT2D eigenvalue weighted by Gasteiger charge is -2.26. The highest BCUT2D eigenvalue weighted by Gasteiger charge is 2.38. The molecule has 1 unspecified atom stereocenters. The van der Waals surface area contributed by atoms with Crippen molar-refractivity contribution in [2.75, 3.05) is 0 Å². The Bertz CT molecular complexity index is 1230. The van der Waals surface area contributed by atoms with Crippen molar-refractivity contribution in [2.45, 2.75) is 31.7 Å².